The van der Waals surface area contributed by atoms with Gasteiger partial charge in [-0.1, -0.05) is 35.6 Å². The van der Waals surface area contributed by atoms with Gasteiger partial charge in [0.25, 0.3) is 5.91 Å². The number of hydrogen-bond acceptors (Lipinski definition) is 10. The van der Waals surface area contributed by atoms with Gasteiger partial charge in [-0.15, -0.1) is 16.4 Å². The van der Waals surface area contributed by atoms with E-state index < -0.39 is 0 Å². The van der Waals surface area contributed by atoms with Crippen LogP contribution >= 0.6 is 35.3 Å². The van der Waals surface area contributed by atoms with Crippen LogP contribution in [0.15, 0.2) is 29.2 Å². The van der Waals surface area contributed by atoms with Crippen LogP contribution in [0.2, 0.25) is 0 Å². The van der Waals surface area contributed by atoms with Crippen LogP contribution in [0.3, 0.4) is 0 Å². The summed E-state index contributed by atoms with van der Waals surface area (Å²) in [7, 11) is 3.27. The Hall–Kier alpha value is -2.77. The molecule has 2 aliphatic carbocycles. The molecule has 2 aromatic heterocycles. The molecule has 1 amide bonds. The Balaban J connectivity index is 1.29. The van der Waals surface area contributed by atoms with Gasteiger partial charge in [0.2, 0.25) is 0 Å². The molecule has 3 unspecified atom stereocenters. The van der Waals surface area contributed by atoms with Crippen molar-refractivity contribution in [1.29, 1.82) is 0 Å². The van der Waals surface area contributed by atoms with Crippen LogP contribution in [-0.4, -0.2) is 60.6 Å². The smallest absolute Gasteiger partial charge is 0.266 e. The molecule has 6 rings (SSSR count). The summed E-state index contributed by atoms with van der Waals surface area (Å²) in [6, 6.07) is 8.20. The second-order valence-electron chi connectivity index (χ2n) is 11.0. The molecule has 1 aliphatic heterocycles. The summed E-state index contributed by atoms with van der Waals surface area (Å²) in [6.45, 7) is 0.0318. The van der Waals surface area contributed by atoms with E-state index in [0.29, 0.717) is 44.6 Å². The number of fused-ring (bicyclic) bond motifs is 2. The molecule has 1 saturated heterocycles. The number of hydrogen-bond donors (Lipinski definition) is 2. The maximum Gasteiger partial charge on any atom is 0.266 e. The molecular formula is C30H34N4O5S3. The topological polar surface area (TPSA) is 110 Å². The van der Waals surface area contributed by atoms with E-state index in [1.54, 1.807) is 30.2 Å². The fraction of sp³-hybridized carbons (Fsp3) is 0.467. The third-order valence-corrected chi connectivity index (χ3v) is 11.1. The zero-order valence-corrected chi connectivity index (χ0v) is 26.1. The first-order chi connectivity index (χ1) is 20.4. The Bertz CT molecular complexity index is 1510. The summed E-state index contributed by atoms with van der Waals surface area (Å²) in [5.41, 5.74) is 2.99. The van der Waals surface area contributed by atoms with E-state index in [2.05, 4.69) is 16.4 Å². The summed E-state index contributed by atoms with van der Waals surface area (Å²) in [6.07, 6.45) is 8.20. The molecule has 222 valence electrons. The van der Waals surface area contributed by atoms with E-state index in [9.17, 15) is 15.0 Å². The van der Waals surface area contributed by atoms with Gasteiger partial charge in [0, 0.05) is 28.4 Å². The van der Waals surface area contributed by atoms with Crippen LogP contribution in [0.1, 0.15) is 53.9 Å². The number of aliphatic hydroxyl groups is 2. The minimum Gasteiger partial charge on any atom is -0.497 e. The van der Waals surface area contributed by atoms with Crippen molar-refractivity contribution in [3.63, 3.8) is 0 Å². The Morgan fingerprint density at radius 2 is 1.88 bits per heavy atom. The van der Waals surface area contributed by atoms with Gasteiger partial charge in [0.05, 0.1) is 38.0 Å². The zero-order valence-electron chi connectivity index (χ0n) is 23.6. The van der Waals surface area contributed by atoms with Gasteiger partial charge in [0.1, 0.15) is 21.5 Å². The van der Waals surface area contributed by atoms with Crippen molar-refractivity contribution in [2.75, 3.05) is 14.2 Å². The van der Waals surface area contributed by atoms with E-state index >= 15 is 0 Å². The lowest BCUT2D eigenvalue weighted by Crippen LogP contribution is -2.41. The van der Waals surface area contributed by atoms with Gasteiger partial charge in [-0.05, 0) is 79.3 Å². The van der Waals surface area contributed by atoms with Gasteiger partial charge < -0.3 is 19.7 Å². The van der Waals surface area contributed by atoms with Gasteiger partial charge in [-0.25, -0.2) is 4.68 Å². The number of nitrogens with zero attached hydrogens (tertiary/aromatic N) is 4. The Labute approximate surface area is 258 Å². The molecule has 0 spiro atoms. The molecule has 2 saturated carbocycles. The van der Waals surface area contributed by atoms with Gasteiger partial charge in [-0.3, -0.25) is 9.69 Å². The third-order valence-electron chi connectivity index (χ3n) is 8.63. The highest BCUT2D eigenvalue weighted by molar-refractivity contribution is 8.26. The van der Waals surface area contributed by atoms with E-state index in [0.717, 1.165) is 46.1 Å². The third kappa shape index (κ3) is 5.62. The predicted molar refractivity (Wildman–Crippen MR) is 167 cm³/mol. The monoisotopic (exact) mass is 626 g/mol. The Morgan fingerprint density at radius 1 is 1.10 bits per heavy atom. The molecule has 1 aromatic carbocycles. The molecule has 3 aliphatic rings. The average Bonchev–Trinajstić information content (AvgIpc) is 3.83. The standard InChI is InChI=1S/C30H34N4O5S3/c1-38-21-10-20(11-22(13-21)39-2)26-12-19(4-3-7-33-25(16-36)23(15-35)31-32-33)27(41-26)14-28-29(37)34(30(40)42-28)24-9-17-5-6-18(24)8-17/h10-14,17-18,24,35-36H,3-9,15-16H2,1-2H3/b28-14-. The molecular weight excluding hydrogens is 593 g/mol. The molecule has 3 aromatic rings. The van der Waals surface area contributed by atoms with E-state index in [1.165, 1.54) is 31.0 Å². The van der Waals surface area contributed by atoms with Gasteiger partial charge in [-0.2, -0.15) is 0 Å². The molecule has 42 heavy (non-hydrogen) atoms. The number of aliphatic hydroxyl groups excluding tert-OH is 2. The molecule has 2 bridgehead atoms. The number of ether oxygens (including phenoxy) is 2. The maximum atomic E-state index is 13.7. The van der Waals surface area contributed by atoms with Crippen LogP contribution in [0, 0.1) is 11.8 Å². The summed E-state index contributed by atoms with van der Waals surface area (Å²) >= 11 is 8.78. The summed E-state index contributed by atoms with van der Waals surface area (Å²) < 4.78 is 13.3. The fourth-order valence-corrected chi connectivity index (χ4v) is 9.10. The number of thioether (sulfide) groups is 1. The van der Waals surface area contributed by atoms with Crippen molar-refractivity contribution < 1.29 is 24.5 Å². The minimum absolute atomic E-state index is 0.0261. The first kappa shape index (κ1) is 29.3. The minimum atomic E-state index is -0.266. The highest BCUT2D eigenvalue weighted by Gasteiger charge is 2.48. The van der Waals surface area contributed by atoms with Crippen molar-refractivity contribution in [2.45, 2.75) is 64.3 Å². The quantitative estimate of drug-likeness (QED) is 0.224. The molecule has 9 nitrogen and oxygen atoms in total. The van der Waals surface area contributed by atoms with E-state index in [4.69, 9.17) is 21.7 Å². The van der Waals surface area contributed by atoms with E-state index in [-0.39, 0.29) is 25.2 Å². The molecule has 12 heteroatoms. The first-order valence-electron chi connectivity index (χ1n) is 14.2. The Morgan fingerprint density at radius 3 is 2.52 bits per heavy atom. The highest BCUT2D eigenvalue weighted by atomic mass is 32.2. The van der Waals surface area contributed by atoms with Gasteiger partial charge in [0.15, 0.2) is 0 Å². The van der Waals surface area contributed by atoms with Crippen LogP contribution < -0.4 is 9.47 Å². The molecule has 3 atom stereocenters. The number of carbonyl (C=O) groups is 1. The number of aromatic nitrogens is 3. The van der Waals surface area contributed by atoms with E-state index in [1.807, 2.05) is 29.2 Å². The number of methoxy groups -OCH3 is 2. The van der Waals surface area contributed by atoms with Crippen LogP contribution in [-0.2, 0) is 31.0 Å². The number of aryl methyl sites for hydroxylation is 2. The van der Waals surface area contributed by atoms with Crippen molar-refractivity contribution in [3.05, 3.63) is 51.0 Å². The van der Waals surface area contributed by atoms with Crippen molar-refractivity contribution in [1.82, 2.24) is 19.9 Å². The van der Waals surface area contributed by atoms with Gasteiger partial charge >= 0.3 is 0 Å². The number of benzene rings is 1. The maximum absolute atomic E-state index is 13.7. The number of amides is 1. The fourth-order valence-electron chi connectivity index (χ4n) is 6.53. The average molecular weight is 627 g/mol. The lowest BCUT2D eigenvalue weighted by atomic mass is 9.94. The molecule has 3 fully saturated rings. The zero-order chi connectivity index (χ0) is 29.4. The number of carbonyl (C=O) groups excluding carboxylic acids is 1. The number of thiocarbonyl (C=S) groups is 1. The summed E-state index contributed by atoms with van der Waals surface area (Å²) in [5, 5.41) is 27.3. The van der Waals surface area contributed by atoms with Crippen molar-refractivity contribution in [3.8, 4) is 21.9 Å². The highest BCUT2D eigenvalue weighted by Crippen LogP contribution is 2.50. The normalized spacial score (nSPS) is 22.6. The number of thiophene rings is 1. The van der Waals surface area contributed by atoms with Crippen molar-refractivity contribution >= 4 is 51.6 Å². The SMILES string of the molecule is COc1cc(OC)cc(-c2cc(CCCn3nnc(CO)c3CO)c(/C=C3\SC(=S)N(C4CC5CCC4C5)C3=O)s2)c1. The predicted octanol–water partition coefficient (Wildman–Crippen LogP) is 5.03. The molecule has 0 radical (unpaired) electrons. The van der Waals surface area contributed by atoms with Crippen LogP contribution in [0.5, 0.6) is 11.5 Å². The largest absolute Gasteiger partial charge is 0.497 e. The van der Waals surface area contributed by atoms with Crippen LogP contribution in [0.4, 0.5) is 0 Å². The Kier molecular flexibility index (Phi) is 8.69. The van der Waals surface area contributed by atoms with Crippen molar-refractivity contribution in [2.24, 2.45) is 11.8 Å². The second kappa shape index (κ2) is 12.5. The first-order valence-corrected chi connectivity index (χ1v) is 16.2. The number of rotatable bonds is 11. The second-order valence-corrected chi connectivity index (χ2v) is 13.8. The lowest BCUT2D eigenvalue weighted by molar-refractivity contribution is -0.124. The van der Waals surface area contributed by atoms with Crippen LogP contribution in [0.25, 0.3) is 16.5 Å². The molecule has 3 heterocycles. The summed E-state index contributed by atoms with van der Waals surface area (Å²) in [5.74, 6) is 2.73. The molecule has 2 N–H and O–H groups in total. The lowest BCUT2D eigenvalue weighted by Gasteiger charge is -2.30. The summed E-state index contributed by atoms with van der Waals surface area (Å²) in [4.78, 5) is 18.3.